The third-order valence-electron chi connectivity index (χ3n) is 5.62. The first kappa shape index (κ1) is 22.9. The fourth-order valence-electron chi connectivity index (χ4n) is 3.57. The number of rotatable bonds is 6. The molecular formula is C24H31ClN4O2. The molecule has 31 heavy (non-hydrogen) atoms. The van der Waals surface area contributed by atoms with Gasteiger partial charge in [0.1, 0.15) is 0 Å². The van der Waals surface area contributed by atoms with Crippen LogP contribution in [-0.2, 0) is 0 Å². The van der Waals surface area contributed by atoms with E-state index < -0.39 is 0 Å². The zero-order chi connectivity index (χ0) is 22.4. The first-order valence-corrected chi connectivity index (χ1v) is 11.3. The van der Waals surface area contributed by atoms with E-state index in [1.807, 2.05) is 39.0 Å². The number of nitrogens with zero attached hydrogens (tertiary/aromatic N) is 1. The quantitative estimate of drug-likeness (QED) is 0.528. The van der Waals surface area contributed by atoms with Crippen molar-refractivity contribution in [2.24, 2.45) is 0 Å². The Hall–Kier alpha value is -2.73. The molecule has 1 atom stereocenters. The molecule has 0 spiro atoms. The lowest BCUT2D eigenvalue weighted by atomic mass is 10.1. The van der Waals surface area contributed by atoms with Crippen LogP contribution < -0.4 is 20.9 Å². The molecule has 7 heteroatoms. The van der Waals surface area contributed by atoms with Crippen LogP contribution in [0.5, 0.6) is 0 Å². The molecule has 0 bridgehead atoms. The number of aryl methyl sites for hydroxylation is 1. The Kier molecular flexibility index (Phi) is 7.80. The van der Waals surface area contributed by atoms with Crippen LogP contribution in [-0.4, -0.2) is 31.1 Å². The van der Waals surface area contributed by atoms with Crippen molar-refractivity contribution in [1.29, 1.82) is 0 Å². The van der Waals surface area contributed by atoms with Crippen LogP contribution >= 0.6 is 11.6 Å². The maximum absolute atomic E-state index is 13.0. The van der Waals surface area contributed by atoms with Crippen molar-refractivity contribution in [1.82, 2.24) is 5.32 Å². The predicted molar refractivity (Wildman–Crippen MR) is 129 cm³/mol. The number of hydrogen-bond donors (Lipinski definition) is 3. The highest BCUT2D eigenvalue weighted by Crippen LogP contribution is 2.28. The van der Waals surface area contributed by atoms with E-state index >= 15 is 0 Å². The van der Waals surface area contributed by atoms with E-state index in [0.717, 1.165) is 43.6 Å². The molecule has 3 rings (SSSR count). The molecule has 0 aliphatic carbocycles. The van der Waals surface area contributed by atoms with Crippen LogP contribution in [0, 0.1) is 6.92 Å². The van der Waals surface area contributed by atoms with Crippen LogP contribution in [0.25, 0.3) is 0 Å². The average molecular weight is 443 g/mol. The summed E-state index contributed by atoms with van der Waals surface area (Å²) in [4.78, 5) is 27.7. The Morgan fingerprint density at radius 1 is 1.03 bits per heavy atom. The summed E-state index contributed by atoms with van der Waals surface area (Å²) >= 11 is 6.14. The number of carbonyl (C=O) groups is 2. The molecule has 1 fully saturated rings. The number of hydrogen-bond acceptors (Lipinski definition) is 3. The molecule has 3 amide bonds. The third kappa shape index (κ3) is 6.14. The number of amides is 3. The van der Waals surface area contributed by atoms with E-state index in [0.29, 0.717) is 22.0 Å². The normalized spacial score (nSPS) is 14.6. The second-order valence-corrected chi connectivity index (χ2v) is 8.51. The fourth-order valence-corrected chi connectivity index (χ4v) is 3.75. The number of halogens is 1. The Bertz CT molecular complexity index is 941. The largest absolute Gasteiger partial charge is 0.371 e. The number of piperidine rings is 1. The van der Waals surface area contributed by atoms with Gasteiger partial charge in [-0.05, 0) is 75.4 Å². The molecule has 1 aliphatic rings. The number of nitrogens with one attached hydrogen (secondary N) is 3. The van der Waals surface area contributed by atoms with Gasteiger partial charge in [-0.3, -0.25) is 4.79 Å². The van der Waals surface area contributed by atoms with Gasteiger partial charge in [0, 0.05) is 41.2 Å². The predicted octanol–water partition coefficient (Wildman–Crippen LogP) is 5.81. The molecule has 1 unspecified atom stereocenters. The number of benzene rings is 2. The SMILES string of the molecule is CCC(C)NC(=O)c1cc(NC(=O)Nc2ccc(C)c(Cl)c2)ccc1N1CCCCC1. The first-order chi connectivity index (χ1) is 14.9. The van der Waals surface area contributed by atoms with E-state index in [-0.39, 0.29) is 18.0 Å². The monoisotopic (exact) mass is 442 g/mol. The Labute approximate surface area is 189 Å². The van der Waals surface area contributed by atoms with Crippen molar-refractivity contribution in [2.45, 2.75) is 52.5 Å². The van der Waals surface area contributed by atoms with Crippen molar-refractivity contribution >= 4 is 40.6 Å². The lowest BCUT2D eigenvalue weighted by Gasteiger charge is -2.31. The molecular weight excluding hydrogens is 412 g/mol. The van der Waals surface area contributed by atoms with Gasteiger partial charge in [-0.25, -0.2) is 4.79 Å². The van der Waals surface area contributed by atoms with Crippen LogP contribution in [0.4, 0.5) is 21.9 Å². The second kappa shape index (κ2) is 10.5. The smallest absolute Gasteiger partial charge is 0.323 e. The number of anilines is 3. The minimum absolute atomic E-state index is 0.0768. The van der Waals surface area contributed by atoms with Crippen molar-refractivity contribution in [2.75, 3.05) is 28.6 Å². The summed E-state index contributed by atoms with van der Waals surface area (Å²) in [6.45, 7) is 7.80. The molecule has 1 saturated heterocycles. The van der Waals surface area contributed by atoms with Crippen molar-refractivity contribution in [3.8, 4) is 0 Å². The van der Waals surface area contributed by atoms with E-state index in [1.165, 1.54) is 6.42 Å². The minimum Gasteiger partial charge on any atom is -0.371 e. The van der Waals surface area contributed by atoms with Gasteiger partial charge in [0.2, 0.25) is 0 Å². The van der Waals surface area contributed by atoms with E-state index in [9.17, 15) is 9.59 Å². The third-order valence-corrected chi connectivity index (χ3v) is 6.02. The van der Waals surface area contributed by atoms with Crippen molar-refractivity contribution in [3.63, 3.8) is 0 Å². The Morgan fingerprint density at radius 3 is 2.32 bits per heavy atom. The Morgan fingerprint density at radius 2 is 1.68 bits per heavy atom. The molecule has 166 valence electrons. The number of carbonyl (C=O) groups excluding carboxylic acids is 2. The van der Waals surface area contributed by atoms with Gasteiger partial charge >= 0.3 is 6.03 Å². The standard InChI is InChI=1S/C24H31ClN4O2/c1-4-17(3)26-23(30)20-14-18(10-11-22(20)29-12-6-5-7-13-29)27-24(31)28-19-9-8-16(2)21(25)15-19/h8-11,14-15,17H,4-7,12-13H2,1-3H3,(H,26,30)(H2,27,28,31). The first-order valence-electron chi connectivity index (χ1n) is 10.9. The highest BCUT2D eigenvalue weighted by atomic mass is 35.5. The highest BCUT2D eigenvalue weighted by molar-refractivity contribution is 6.31. The summed E-state index contributed by atoms with van der Waals surface area (Å²) in [7, 11) is 0. The fraction of sp³-hybridized carbons (Fsp3) is 0.417. The summed E-state index contributed by atoms with van der Waals surface area (Å²) in [6, 6.07) is 10.6. The maximum Gasteiger partial charge on any atom is 0.323 e. The summed E-state index contributed by atoms with van der Waals surface area (Å²) in [5.41, 5.74) is 3.60. The van der Waals surface area contributed by atoms with Crippen LogP contribution in [0.2, 0.25) is 5.02 Å². The summed E-state index contributed by atoms with van der Waals surface area (Å²) < 4.78 is 0. The minimum atomic E-state index is -0.390. The van der Waals surface area contributed by atoms with Crippen molar-refractivity contribution in [3.05, 3.63) is 52.5 Å². The summed E-state index contributed by atoms with van der Waals surface area (Å²) in [5, 5.41) is 9.25. The highest BCUT2D eigenvalue weighted by Gasteiger charge is 2.20. The summed E-state index contributed by atoms with van der Waals surface area (Å²) in [6.07, 6.45) is 4.31. The average Bonchev–Trinajstić information content (AvgIpc) is 2.76. The zero-order valence-electron chi connectivity index (χ0n) is 18.4. The molecule has 0 radical (unpaired) electrons. The van der Waals surface area contributed by atoms with Gasteiger partial charge in [-0.1, -0.05) is 24.6 Å². The molecule has 1 aliphatic heterocycles. The van der Waals surface area contributed by atoms with Gasteiger partial charge in [-0.2, -0.15) is 0 Å². The Balaban J connectivity index is 1.79. The molecule has 2 aromatic carbocycles. The molecule has 0 aromatic heterocycles. The van der Waals surface area contributed by atoms with Crippen LogP contribution in [0.15, 0.2) is 36.4 Å². The summed E-state index contributed by atoms with van der Waals surface area (Å²) in [5.74, 6) is -0.121. The van der Waals surface area contributed by atoms with E-state index in [4.69, 9.17) is 11.6 Å². The van der Waals surface area contributed by atoms with Gasteiger partial charge in [0.05, 0.1) is 5.56 Å². The van der Waals surface area contributed by atoms with Crippen molar-refractivity contribution < 1.29 is 9.59 Å². The molecule has 0 saturated carbocycles. The van der Waals surface area contributed by atoms with Gasteiger partial charge < -0.3 is 20.9 Å². The number of urea groups is 1. The van der Waals surface area contributed by atoms with E-state index in [2.05, 4.69) is 20.9 Å². The lowest BCUT2D eigenvalue weighted by molar-refractivity contribution is 0.0939. The topological polar surface area (TPSA) is 73.5 Å². The van der Waals surface area contributed by atoms with Gasteiger partial charge in [0.25, 0.3) is 5.91 Å². The van der Waals surface area contributed by atoms with Crippen LogP contribution in [0.3, 0.4) is 0 Å². The maximum atomic E-state index is 13.0. The van der Waals surface area contributed by atoms with Gasteiger partial charge in [0.15, 0.2) is 0 Å². The molecule has 1 heterocycles. The second-order valence-electron chi connectivity index (χ2n) is 8.11. The van der Waals surface area contributed by atoms with Gasteiger partial charge in [-0.15, -0.1) is 0 Å². The molecule has 2 aromatic rings. The lowest BCUT2D eigenvalue weighted by Crippen LogP contribution is -2.35. The molecule has 6 nitrogen and oxygen atoms in total. The van der Waals surface area contributed by atoms with Crippen LogP contribution in [0.1, 0.15) is 55.5 Å². The molecule has 3 N–H and O–H groups in total. The van der Waals surface area contributed by atoms with E-state index in [1.54, 1.807) is 18.2 Å². The zero-order valence-corrected chi connectivity index (χ0v) is 19.2.